The number of halogens is 4. The molecule has 3 fully saturated rings. The van der Waals surface area contributed by atoms with Gasteiger partial charge in [-0.3, -0.25) is 14.4 Å². The molecular weight excluding hydrogens is 697 g/mol. The summed E-state index contributed by atoms with van der Waals surface area (Å²) in [5, 5.41) is 5.57. The minimum absolute atomic E-state index is 0.00352. The van der Waals surface area contributed by atoms with Crippen LogP contribution in [0.3, 0.4) is 0 Å². The number of benzene rings is 2. The summed E-state index contributed by atoms with van der Waals surface area (Å²) in [6.07, 6.45) is 4.55. The fourth-order valence-electron chi connectivity index (χ4n) is 6.94. The fourth-order valence-corrected chi connectivity index (χ4v) is 8.16. The van der Waals surface area contributed by atoms with Gasteiger partial charge in [-0.2, -0.15) is 13.2 Å². The summed E-state index contributed by atoms with van der Waals surface area (Å²) in [5.41, 5.74) is -5.39. The van der Waals surface area contributed by atoms with Gasteiger partial charge in [0.2, 0.25) is 5.91 Å². The number of amides is 2. The maximum atomic E-state index is 13.7. The zero-order chi connectivity index (χ0) is 33.4. The molecular formula is C31H34BrF3N2O8S. The van der Waals surface area contributed by atoms with Crippen LogP contribution in [0.25, 0.3) is 0 Å². The highest BCUT2D eigenvalue weighted by atomic mass is 79.9. The number of carbonyl (C=O) groups excluding carboxylic acids is 3. The Bertz CT molecular complexity index is 1610. The van der Waals surface area contributed by atoms with Crippen molar-refractivity contribution in [2.24, 2.45) is 23.7 Å². The monoisotopic (exact) mass is 730 g/mol. The zero-order valence-corrected chi connectivity index (χ0v) is 27.5. The Balaban J connectivity index is 1.31. The summed E-state index contributed by atoms with van der Waals surface area (Å²) >= 11 is 3.48. The van der Waals surface area contributed by atoms with Crippen LogP contribution in [-0.2, 0) is 24.2 Å². The van der Waals surface area contributed by atoms with Crippen LogP contribution in [0.15, 0.2) is 45.8 Å². The van der Waals surface area contributed by atoms with Crippen LogP contribution < -0.4 is 20.1 Å². The van der Waals surface area contributed by atoms with Gasteiger partial charge in [0.1, 0.15) is 11.5 Å². The lowest BCUT2D eigenvalue weighted by Crippen LogP contribution is -2.48. The maximum absolute atomic E-state index is 13.7. The molecule has 0 radical (unpaired) electrons. The standard InChI is InChI=1S/C31H34BrF3N2O8S/c1-43-24-15-23(32)25(45-20-10-8-16(9-11-20)30(40)44-2)14-22(24)28(38)37-27-18-7-6-17(12-18)26(27)29(39)36-19-4-3-5-21(13-19)46(41,42)31(33,34)35/h3-5,13-18,20,26-27H,6-12H2,1-2H3,(H,36,39)(H,37,38)/t16?,17-,18+,20?,26+,27-/m1/s1. The van der Waals surface area contributed by atoms with E-state index >= 15 is 0 Å². The molecule has 0 aromatic heterocycles. The average molecular weight is 732 g/mol. The van der Waals surface area contributed by atoms with Crippen LogP contribution in [0, 0.1) is 23.7 Å². The Kier molecular flexibility index (Phi) is 9.92. The third-order valence-electron chi connectivity index (χ3n) is 9.23. The van der Waals surface area contributed by atoms with Crippen molar-refractivity contribution < 1.29 is 50.2 Å². The summed E-state index contributed by atoms with van der Waals surface area (Å²) in [6.45, 7) is 0. The second-order valence-corrected chi connectivity index (χ2v) is 14.7. The minimum atomic E-state index is -5.60. The summed E-state index contributed by atoms with van der Waals surface area (Å²) in [4.78, 5) is 38.1. The number of alkyl halides is 3. The van der Waals surface area contributed by atoms with Crippen LogP contribution >= 0.6 is 15.9 Å². The van der Waals surface area contributed by atoms with Gasteiger partial charge in [-0.05, 0) is 103 Å². The normalized spacial score (nSPS) is 25.9. The number of rotatable bonds is 9. The molecule has 5 rings (SSSR count). The molecule has 2 aromatic rings. The molecule has 2 bridgehead atoms. The topological polar surface area (TPSA) is 137 Å². The van der Waals surface area contributed by atoms with E-state index in [1.54, 1.807) is 12.1 Å². The van der Waals surface area contributed by atoms with Gasteiger partial charge in [0.25, 0.3) is 15.7 Å². The number of hydrogen-bond acceptors (Lipinski definition) is 8. The molecule has 0 spiro atoms. The second-order valence-electron chi connectivity index (χ2n) is 11.9. The molecule has 15 heteroatoms. The van der Waals surface area contributed by atoms with E-state index in [1.165, 1.54) is 20.3 Å². The predicted octanol–water partition coefficient (Wildman–Crippen LogP) is 5.65. The Morgan fingerprint density at radius 1 is 0.935 bits per heavy atom. The highest BCUT2D eigenvalue weighted by Gasteiger charge is 2.52. The molecule has 46 heavy (non-hydrogen) atoms. The van der Waals surface area contributed by atoms with Gasteiger partial charge >= 0.3 is 11.5 Å². The Labute approximate surface area is 272 Å². The summed E-state index contributed by atoms with van der Waals surface area (Å²) in [7, 11) is -2.81. The van der Waals surface area contributed by atoms with Crippen LogP contribution in [0.1, 0.15) is 55.3 Å². The van der Waals surface area contributed by atoms with E-state index < -0.39 is 44.0 Å². The lowest BCUT2D eigenvalue weighted by atomic mass is 9.83. The van der Waals surface area contributed by atoms with Gasteiger partial charge in [-0.15, -0.1) is 0 Å². The number of esters is 1. The van der Waals surface area contributed by atoms with E-state index in [2.05, 4.69) is 26.6 Å². The van der Waals surface area contributed by atoms with Crippen molar-refractivity contribution in [3.63, 3.8) is 0 Å². The summed E-state index contributed by atoms with van der Waals surface area (Å²) < 4.78 is 80.2. The molecule has 0 saturated heterocycles. The highest BCUT2D eigenvalue weighted by Crippen LogP contribution is 2.49. The van der Waals surface area contributed by atoms with E-state index in [-0.39, 0.29) is 46.8 Å². The van der Waals surface area contributed by atoms with E-state index in [4.69, 9.17) is 14.2 Å². The van der Waals surface area contributed by atoms with Crippen molar-refractivity contribution in [1.82, 2.24) is 5.32 Å². The van der Waals surface area contributed by atoms with Crippen molar-refractivity contribution >= 4 is 49.2 Å². The van der Waals surface area contributed by atoms with Crippen LogP contribution in [0.2, 0.25) is 0 Å². The van der Waals surface area contributed by atoms with Crippen LogP contribution in [0.5, 0.6) is 11.5 Å². The number of sulfone groups is 1. The van der Waals surface area contributed by atoms with Gasteiger partial charge in [0.15, 0.2) is 0 Å². The third kappa shape index (κ3) is 6.85. The van der Waals surface area contributed by atoms with Crippen molar-refractivity contribution in [3.8, 4) is 11.5 Å². The first-order valence-corrected chi connectivity index (χ1v) is 17.2. The molecule has 3 saturated carbocycles. The number of anilines is 1. The van der Waals surface area contributed by atoms with Gasteiger partial charge in [0.05, 0.1) is 47.1 Å². The number of carbonyl (C=O) groups is 3. The molecule has 2 amide bonds. The maximum Gasteiger partial charge on any atom is 0.501 e. The molecule has 2 N–H and O–H groups in total. The van der Waals surface area contributed by atoms with Gasteiger partial charge in [-0.1, -0.05) is 6.07 Å². The number of nitrogens with one attached hydrogen (secondary N) is 2. The number of hydrogen-bond donors (Lipinski definition) is 2. The molecule has 10 nitrogen and oxygen atoms in total. The zero-order valence-electron chi connectivity index (χ0n) is 25.1. The SMILES string of the molecule is COC(=O)C1CCC(Oc2cc(C(=O)N[C@@H]3[C@H]4CC[C@H](C4)[C@@H]3C(=O)Nc3cccc(S(=O)(=O)C(F)(F)F)c3)c(OC)cc2Br)CC1. The number of ether oxygens (including phenoxy) is 3. The molecule has 4 atom stereocenters. The minimum Gasteiger partial charge on any atom is -0.496 e. The third-order valence-corrected chi connectivity index (χ3v) is 11.3. The van der Waals surface area contributed by atoms with E-state index in [0.29, 0.717) is 42.3 Å². The molecule has 2 aromatic carbocycles. The quantitative estimate of drug-likeness (QED) is 0.316. The van der Waals surface area contributed by atoms with Crippen molar-refractivity contribution in [2.75, 3.05) is 19.5 Å². The summed E-state index contributed by atoms with van der Waals surface area (Å²) in [5.74, 6) is -1.47. The summed E-state index contributed by atoms with van der Waals surface area (Å²) in [6, 6.07) is 6.65. The molecule has 250 valence electrons. The number of fused-ring (bicyclic) bond motifs is 2. The lowest BCUT2D eigenvalue weighted by Gasteiger charge is -2.31. The van der Waals surface area contributed by atoms with Gasteiger partial charge < -0.3 is 24.8 Å². The van der Waals surface area contributed by atoms with Gasteiger partial charge in [-0.25, -0.2) is 8.42 Å². The smallest absolute Gasteiger partial charge is 0.496 e. The Hall–Kier alpha value is -3.33. The first kappa shape index (κ1) is 34.0. The largest absolute Gasteiger partial charge is 0.501 e. The van der Waals surface area contributed by atoms with E-state index in [9.17, 15) is 36.0 Å². The van der Waals surface area contributed by atoms with Crippen molar-refractivity contribution in [3.05, 3.63) is 46.4 Å². The van der Waals surface area contributed by atoms with Crippen LogP contribution in [-0.4, -0.2) is 58.1 Å². The Morgan fingerprint density at radius 2 is 1.63 bits per heavy atom. The van der Waals surface area contributed by atoms with Crippen molar-refractivity contribution in [1.29, 1.82) is 0 Å². The molecule has 3 aliphatic carbocycles. The molecule has 3 aliphatic rings. The molecule has 0 aliphatic heterocycles. The van der Waals surface area contributed by atoms with Crippen LogP contribution in [0.4, 0.5) is 18.9 Å². The first-order chi connectivity index (χ1) is 21.7. The molecule has 0 unspecified atom stereocenters. The Morgan fingerprint density at radius 3 is 2.28 bits per heavy atom. The average Bonchev–Trinajstić information content (AvgIpc) is 3.63. The van der Waals surface area contributed by atoms with E-state index in [1.807, 2.05) is 0 Å². The second kappa shape index (κ2) is 13.4. The van der Waals surface area contributed by atoms with E-state index in [0.717, 1.165) is 31.0 Å². The molecule has 0 heterocycles. The van der Waals surface area contributed by atoms with Gasteiger partial charge in [0, 0.05) is 11.7 Å². The number of methoxy groups -OCH3 is 2. The fraction of sp³-hybridized carbons (Fsp3) is 0.516. The first-order valence-electron chi connectivity index (χ1n) is 14.9. The van der Waals surface area contributed by atoms with Crippen molar-refractivity contribution in [2.45, 2.75) is 67.5 Å². The lowest BCUT2D eigenvalue weighted by molar-refractivity contribution is -0.147. The predicted molar refractivity (Wildman–Crippen MR) is 163 cm³/mol. The highest BCUT2D eigenvalue weighted by molar-refractivity contribution is 9.10.